The van der Waals surface area contributed by atoms with Gasteiger partial charge in [-0.05, 0) is 53.0 Å². The third-order valence-electron chi connectivity index (χ3n) is 3.43. The molecule has 2 aliphatic rings. The number of hydrogen-bond donors (Lipinski definition) is 1. The van der Waals surface area contributed by atoms with Gasteiger partial charge in [0.2, 0.25) is 0 Å². The molecule has 0 spiro atoms. The van der Waals surface area contributed by atoms with Gasteiger partial charge in [0, 0.05) is 18.6 Å². The van der Waals surface area contributed by atoms with E-state index >= 15 is 0 Å². The molecule has 1 aliphatic carbocycles. The van der Waals surface area contributed by atoms with Crippen molar-refractivity contribution in [2.75, 3.05) is 19.6 Å². The molecular weight excluding hydrogens is 228 g/mol. The third-order valence-corrected chi connectivity index (χ3v) is 3.43. The van der Waals surface area contributed by atoms with E-state index in [1.165, 1.54) is 25.7 Å². The summed E-state index contributed by atoms with van der Waals surface area (Å²) in [6.45, 7) is 8.32. The van der Waals surface area contributed by atoms with Gasteiger partial charge in [-0.1, -0.05) is 0 Å². The number of carbonyl (C=O) groups excluding carboxylic acids is 1. The number of rotatable bonds is 5. The summed E-state index contributed by atoms with van der Waals surface area (Å²) in [5.41, 5.74) is -0.377. The Morgan fingerprint density at radius 2 is 2.06 bits per heavy atom. The lowest BCUT2D eigenvalue weighted by atomic mass is 10.2. The second-order valence-electron chi connectivity index (χ2n) is 6.54. The maximum atomic E-state index is 11.9. The minimum absolute atomic E-state index is 0.0904. The molecule has 0 aromatic rings. The van der Waals surface area contributed by atoms with Gasteiger partial charge in [-0.2, -0.15) is 0 Å². The van der Waals surface area contributed by atoms with Crippen LogP contribution in [0.2, 0.25) is 0 Å². The van der Waals surface area contributed by atoms with Gasteiger partial charge >= 0.3 is 5.97 Å². The van der Waals surface area contributed by atoms with E-state index in [4.69, 9.17) is 4.74 Å². The normalized spacial score (nSPS) is 24.6. The molecule has 1 N–H and O–H groups in total. The van der Waals surface area contributed by atoms with Gasteiger partial charge in [0.1, 0.15) is 5.60 Å². The maximum Gasteiger partial charge on any atom is 0.320 e. The van der Waals surface area contributed by atoms with Crippen molar-refractivity contribution in [1.82, 2.24) is 10.2 Å². The van der Waals surface area contributed by atoms with Crippen LogP contribution in [0.15, 0.2) is 0 Å². The van der Waals surface area contributed by atoms with Crippen molar-refractivity contribution in [3.63, 3.8) is 0 Å². The quantitative estimate of drug-likeness (QED) is 0.756. The summed E-state index contributed by atoms with van der Waals surface area (Å²) in [6, 6.07) is 1.17. The molecule has 104 valence electrons. The standard InChI is InChI=1S/C14H26N2O2/c1-14(2,3)18-13(17)10-16(12-6-7-12)9-11-5-4-8-15-11/h11-12,15H,4-10H2,1-3H3. The summed E-state index contributed by atoms with van der Waals surface area (Å²) in [5.74, 6) is -0.0904. The van der Waals surface area contributed by atoms with E-state index in [0.29, 0.717) is 18.6 Å². The Morgan fingerprint density at radius 1 is 1.33 bits per heavy atom. The minimum atomic E-state index is -0.377. The second kappa shape index (κ2) is 5.57. The molecular formula is C14H26N2O2. The van der Waals surface area contributed by atoms with Crippen LogP contribution >= 0.6 is 0 Å². The molecule has 1 saturated carbocycles. The maximum absolute atomic E-state index is 11.9. The Kier molecular flexibility index (Phi) is 4.28. The highest BCUT2D eigenvalue weighted by Gasteiger charge is 2.33. The topological polar surface area (TPSA) is 41.6 Å². The summed E-state index contributed by atoms with van der Waals surface area (Å²) < 4.78 is 5.41. The van der Waals surface area contributed by atoms with Crippen LogP contribution in [0.3, 0.4) is 0 Å². The molecule has 4 heteroatoms. The molecule has 1 heterocycles. The lowest BCUT2D eigenvalue weighted by Gasteiger charge is -2.27. The van der Waals surface area contributed by atoms with Crippen LogP contribution in [0, 0.1) is 0 Å². The van der Waals surface area contributed by atoms with Crippen molar-refractivity contribution in [2.45, 2.75) is 64.1 Å². The number of carbonyl (C=O) groups is 1. The monoisotopic (exact) mass is 254 g/mol. The van der Waals surface area contributed by atoms with Crippen LogP contribution in [0.1, 0.15) is 46.5 Å². The summed E-state index contributed by atoms with van der Waals surface area (Å²) in [6.07, 6.45) is 4.96. The molecule has 1 unspecified atom stereocenters. The van der Waals surface area contributed by atoms with Crippen LogP contribution in [0.5, 0.6) is 0 Å². The van der Waals surface area contributed by atoms with Crippen LogP contribution in [0.25, 0.3) is 0 Å². The van der Waals surface area contributed by atoms with Crippen molar-refractivity contribution >= 4 is 5.97 Å². The van der Waals surface area contributed by atoms with Crippen LogP contribution in [-0.2, 0) is 9.53 Å². The van der Waals surface area contributed by atoms with Crippen LogP contribution in [-0.4, -0.2) is 48.2 Å². The number of esters is 1. The van der Waals surface area contributed by atoms with Crippen molar-refractivity contribution in [1.29, 1.82) is 0 Å². The summed E-state index contributed by atoms with van der Waals surface area (Å²) in [5, 5.41) is 3.50. The zero-order valence-electron chi connectivity index (χ0n) is 11.9. The van der Waals surface area contributed by atoms with Crippen LogP contribution in [0.4, 0.5) is 0 Å². The molecule has 0 bridgehead atoms. The van der Waals surface area contributed by atoms with E-state index < -0.39 is 0 Å². The Balaban J connectivity index is 1.80. The molecule has 4 nitrogen and oxygen atoms in total. The van der Waals surface area contributed by atoms with Gasteiger partial charge < -0.3 is 10.1 Å². The third kappa shape index (κ3) is 4.58. The molecule has 1 saturated heterocycles. The van der Waals surface area contributed by atoms with E-state index in [1.54, 1.807) is 0 Å². The number of hydrogen-bond acceptors (Lipinski definition) is 4. The second-order valence-corrected chi connectivity index (χ2v) is 6.54. The fourth-order valence-electron chi connectivity index (χ4n) is 2.52. The Morgan fingerprint density at radius 3 is 2.56 bits per heavy atom. The van der Waals surface area contributed by atoms with Gasteiger partial charge in [-0.15, -0.1) is 0 Å². The van der Waals surface area contributed by atoms with Crippen molar-refractivity contribution in [3.05, 3.63) is 0 Å². The van der Waals surface area contributed by atoms with E-state index in [-0.39, 0.29) is 11.6 Å². The Labute approximate surface area is 110 Å². The Hall–Kier alpha value is -0.610. The minimum Gasteiger partial charge on any atom is -0.459 e. The first kappa shape index (κ1) is 13.8. The first-order chi connectivity index (χ1) is 8.44. The highest BCUT2D eigenvalue weighted by atomic mass is 16.6. The fourth-order valence-corrected chi connectivity index (χ4v) is 2.52. The molecule has 0 aromatic carbocycles. The first-order valence-corrected chi connectivity index (χ1v) is 7.13. The van der Waals surface area contributed by atoms with Crippen LogP contribution < -0.4 is 5.32 Å². The molecule has 0 amide bonds. The molecule has 1 atom stereocenters. The number of ether oxygens (including phenoxy) is 1. The van der Waals surface area contributed by atoms with Gasteiger partial charge in [-0.25, -0.2) is 0 Å². The zero-order chi connectivity index (χ0) is 13.2. The lowest BCUT2D eigenvalue weighted by Crippen LogP contribution is -2.42. The summed E-state index contributed by atoms with van der Waals surface area (Å²) >= 11 is 0. The van der Waals surface area contributed by atoms with E-state index in [0.717, 1.165) is 13.1 Å². The summed E-state index contributed by atoms with van der Waals surface area (Å²) in [7, 11) is 0. The van der Waals surface area contributed by atoms with Crippen molar-refractivity contribution < 1.29 is 9.53 Å². The van der Waals surface area contributed by atoms with E-state index in [9.17, 15) is 4.79 Å². The van der Waals surface area contributed by atoms with Gasteiger partial charge in [0.25, 0.3) is 0 Å². The fraction of sp³-hybridized carbons (Fsp3) is 0.929. The molecule has 1 aliphatic heterocycles. The van der Waals surface area contributed by atoms with Gasteiger partial charge in [0.15, 0.2) is 0 Å². The molecule has 18 heavy (non-hydrogen) atoms. The zero-order valence-corrected chi connectivity index (χ0v) is 11.9. The van der Waals surface area contributed by atoms with Crippen molar-refractivity contribution in [3.8, 4) is 0 Å². The van der Waals surface area contributed by atoms with Gasteiger partial charge in [0.05, 0.1) is 6.54 Å². The average molecular weight is 254 g/mol. The number of nitrogens with zero attached hydrogens (tertiary/aromatic N) is 1. The lowest BCUT2D eigenvalue weighted by molar-refractivity contribution is -0.156. The SMILES string of the molecule is CC(C)(C)OC(=O)CN(CC1CCCN1)C1CC1. The largest absolute Gasteiger partial charge is 0.459 e. The summed E-state index contributed by atoms with van der Waals surface area (Å²) in [4.78, 5) is 14.2. The molecule has 2 rings (SSSR count). The van der Waals surface area contributed by atoms with E-state index in [1.807, 2.05) is 20.8 Å². The highest BCUT2D eigenvalue weighted by Crippen LogP contribution is 2.27. The number of nitrogens with one attached hydrogen (secondary N) is 1. The first-order valence-electron chi connectivity index (χ1n) is 7.13. The van der Waals surface area contributed by atoms with E-state index in [2.05, 4.69) is 10.2 Å². The molecule has 0 radical (unpaired) electrons. The molecule has 0 aromatic heterocycles. The smallest absolute Gasteiger partial charge is 0.320 e. The average Bonchev–Trinajstić information content (AvgIpc) is 2.95. The predicted molar refractivity (Wildman–Crippen MR) is 71.5 cm³/mol. The highest BCUT2D eigenvalue weighted by molar-refractivity contribution is 5.72. The Bertz CT molecular complexity index is 289. The molecule has 2 fully saturated rings. The predicted octanol–water partition coefficient (Wildman–Crippen LogP) is 1.54. The van der Waals surface area contributed by atoms with Crippen molar-refractivity contribution in [2.24, 2.45) is 0 Å². The van der Waals surface area contributed by atoms with Gasteiger partial charge in [-0.3, -0.25) is 9.69 Å².